The van der Waals surface area contributed by atoms with Gasteiger partial charge in [0.15, 0.2) is 0 Å². The first-order chi connectivity index (χ1) is 4.30. The molecule has 1 aromatic carbocycles. The Bertz CT molecular complexity index is 176. The van der Waals surface area contributed by atoms with E-state index in [1.165, 1.54) is 0 Å². The topological polar surface area (TPSA) is 23.1 Å². The molecule has 46 valence electrons. The highest BCUT2D eigenvalue weighted by atomic mass is 32.2. The molecule has 0 radical (unpaired) electrons. The van der Waals surface area contributed by atoms with E-state index in [-0.39, 0.29) is 0 Å². The van der Waals surface area contributed by atoms with Crippen LogP contribution in [-0.2, 0) is 11.0 Å². The fourth-order valence-electron chi connectivity index (χ4n) is 0.612. The van der Waals surface area contributed by atoms with Crippen LogP contribution in [0, 0.1) is 0 Å². The lowest BCUT2D eigenvalue weighted by molar-refractivity contribution is 0.608. The number of rotatable bonds is 1. The molecule has 1 unspecified atom stereocenters. The van der Waals surface area contributed by atoms with Gasteiger partial charge in [-0.3, -0.25) is 0 Å². The van der Waals surface area contributed by atoms with Crippen LogP contribution in [-0.4, -0.2) is 11.7 Å². The highest BCUT2D eigenvalue weighted by molar-refractivity contribution is 8.12. The zero-order valence-corrected chi connectivity index (χ0v) is 6.02. The predicted molar refractivity (Wildman–Crippen MR) is 41.4 cm³/mol. The Kier molecular flexibility index (Phi) is 2.19. The van der Waals surface area contributed by atoms with E-state index in [1.807, 2.05) is 30.3 Å². The van der Waals surface area contributed by atoms with E-state index in [9.17, 15) is 4.55 Å². The lowest BCUT2D eigenvalue weighted by atomic mass is 10.4. The third kappa shape index (κ3) is 1.77. The molecule has 9 heavy (non-hydrogen) atoms. The van der Waals surface area contributed by atoms with Crippen LogP contribution in [0.25, 0.3) is 0 Å². The quantitative estimate of drug-likeness (QED) is 0.405. The molecule has 0 spiro atoms. The maximum Gasteiger partial charge on any atom is 0.382 e. The highest BCUT2D eigenvalue weighted by Gasteiger charge is 1.97. The van der Waals surface area contributed by atoms with Gasteiger partial charge in [-0.15, -0.1) is 0 Å². The van der Waals surface area contributed by atoms with E-state index < -0.39 is 11.0 Å². The van der Waals surface area contributed by atoms with Gasteiger partial charge >= 0.3 is 7.12 Å². The minimum Gasteiger partial charge on any atom is -0.631 e. The van der Waals surface area contributed by atoms with Crippen molar-refractivity contribution in [2.75, 3.05) is 0 Å². The van der Waals surface area contributed by atoms with Crippen molar-refractivity contribution in [3.8, 4) is 0 Å². The molecule has 1 nitrogen and oxygen atoms in total. The van der Waals surface area contributed by atoms with Gasteiger partial charge < -0.3 is 4.55 Å². The SMILES string of the molecule is B[S+]([O-])c1ccccc1. The van der Waals surface area contributed by atoms with Crippen molar-refractivity contribution in [3.05, 3.63) is 30.3 Å². The van der Waals surface area contributed by atoms with Crippen LogP contribution in [0.4, 0.5) is 0 Å². The molecule has 0 saturated heterocycles. The molecular weight excluding hydrogens is 131 g/mol. The van der Waals surface area contributed by atoms with Gasteiger partial charge in [0.1, 0.15) is 4.90 Å². The van der Waals surface area contributed by atoms with Crippen molar-refractivity contribution < 1.29 is 4.55 Å². The van der Waals surface area contributed by atoms with Gasteiger partial charge in [0, 0.05) is 0 Å². The normalized spacial score (nSPS) is 13.0. The lowest BCUT2D eigenvalue weighted by Gasteiger charge is -2.02. The van der Waals surface area contributed by atoms with Crippen LogP contribution in [0.5, 0.6) is 0 Å². The van der Waals surface area contributed by atoms with Gasteiger partial charge in [-0.2, -0.15) is 0 Å². The summed E-state index contributed by atoms with van der Waals surface area (Å²) in [5.74, 6) is 0. The molecule has 0 heterocycles. The molecule has 1 rings (SSSR count). The smallest absolute Gasteiger partial charge is 0.382 e. The third-order valence-corrected chi connectivity index (χ3v) is 2.01. The summed E-state index contributed by atoms with van der Waals surface area (Å²) in [4.78, 5) is 0.887. The average molecular weight is 138 g/mol. The molecular formula is C6H7BOS. The first-order valence-corrected chi connectivity index (χ1v) is 4.25. The first kappa shape index (κ1) is 6.71. The summed E-state index contributed by atoms with van der Waals surface area (Å²) < 4.78 is 10.8. The highest BCUT2D eigenvalue weighted by Crippen LogP contribution is 2.04. The zero-order valence-electron chi connectivity index (χ0n) is 5.20. The van der Waals surface area contributed by atoms with E-state index in [4.69, 9.17) is 0 Å². The van der Waals surface area contributed by atoms with Crippen molar-refractivity contribution in [3.63, 3.8) is 0 Å². The second kappa shape index (κ2) is 2.94. The molecule has 0 saturated carbocycles. The number of hydrogen-bond acceptors (Lipinski definition) is 1. The van der Waals surface area contributed by atoms with Gasteiger partial charge in [-0.1, -0.05) is 29.2 Å². The Morgan fingerprint density at radius 3 is 2.11 bits per heavy atom. The van der Waals surface area contributed by atoms with E-state index >= 15 is 0 Å². The first-order valence-electron chi connectivity index (χ1n) is 2.69. The monoisotopic (exact) mass is 138 g/mol. The summed E-state index contributed by atoms with van der Waals surface area (Å²) >= 11 is -0.829. The molecule has 0 fully saturated rings. The number of benzene rings is 1. The number of hydrogen-bond donors (Lipinski definition) is 0. The van der Waals surface area contributed by atoms with Gasteiger partial charge in [0.25, 0.3) is 0 Å². The minimum absolute atomic E-state index is 0.829. The van der Waals surface area contributed by atoms with E-state index in [1.54, 1.807) is 7.12 Å². The Morgan fingerprint density at radius 1 is 1.22 bits per heavy atom. The minimum atomic E-state index is -0.829. The fraction of sp³-hybridized carbons (Fsp3) is 0. The molecule has 1 atom stereocenters. The molecule has 0 N–H and O–H groups in total. The molecule has 0 aliphatic carbocycles. The van der Waals surface area contributed by atoms with Crippen molar-refractivity contribution in [2.24, 2.45) is 0 Å². The molecule has 0 bridgehead atoms. The average Bonchev–Trinajstić information content (AvgIpc) is 1.90. The lowest BCUT2D eigenvalue weighted by Crippen LogP contribution is -1.97. The molecule has 0 aliphatic heterocycles. The van der Waals surface area contributed by atoms with Crippen molar-refractivity contribution >= 4 is 18.2 Å². The summed E-state index contributed by atoms with van der Waals surface area (Å²) in [6.07, 6.45) is 0. The van der Waals surface area contributed by atoms with Crippen molar-refractivity contribution in [1.82, 2.24) is 0 Å². The Labute approximate surface area is 58.6 Å². The molecule has 0 aromatic heterocycles. The van der Waals surface area contributed by atoms with Crippen LogP contribution in [0.2, 0.25) is 0 Å². The Hall–Kier alpha value is -0.405. The predicted octanol–water partition coefficient (Wildman–Crippen LogP) is 0.342. The van der Waals surface area contributed by atoms with E-state index in [0.29, 0.717) is 0 Å². The van der Waals surface area contributed by atoms with Crippen molar-refractivity contribution in [1.29, 1.82) is 0 Å². The second-order valence-electron chi connectivity index (χ2n) is 1.77. The summed E-state index contributed by atoms with van der Waals surface area (Å²) in [6.45, 7) is 0. The van der Waals surface area contributed by atoms with Crippen LogP contribution >= 0.6 is 0 Å². The van der Waals surface area contributed by atoms with Gasteiger partial charge in [0.2, 0.25) is 0 Å². The molecule has 1 aromatic rings. The van der Waals surface area contributed by atoms with Gasteiger partial charge in [0.05, 0.1) is 0 Å². The van der Waals surface area contributed by atoms with E-state index in [0.717, 1.165) is 4.90 Å². The standard InChI is InChI=1S/C6H7BOS/c7-9(8)6-4-2-1-3-5-6/h1-5H,7H2. The molecule has 0 amide bonds. The summed E-state index contributed by atoms with van der Waals surface area (Å²) in [7, 11) is 1.68. The van der Waals surface area contributed by atoms with E-state index in [2.05, 4.69) is 0 Å². The van der Waals surface area contributed by atoms with Crippen LogP contribution < -0.4 is 0 Å². The summed E-state index contributed by atoms with van der Waals surface area (Å²) in [5, 5.41) is 0. The van der Waals surface area contributed by atoms with Crippen LogP contribution in [0.3, 0.4) is 0 Å². The Morgan fingerprint density at radius 2 is 1.78 bits per heavy atom. The molecule has 0 aliphatic rings. The third-order valence-electron chi connectivity index (χ3n) is 1.08. The zero-order chi connectivity index (χ0) is 6.69. The molecule has 3 heteroatoms. The van der Waals surface area contributed by atoms with Crippen LogP contribution in [0.15, 0.2) is 35.2 Å². The van der Waals surface area contributed by atoms with Gasteiger partial charge in [-0.05, 0) is 12.1 Å². The largest absolute Gasteiger partial charge is 0.631 e. The maximum absolute atomic E-state index is 10.8. The van der Waals surface area contributed by atoms with Crippen molar-refractivity contribution in [2.45, 2.75) is 4.90 Å². The maximum atomic E-state index is 10.8. The fourth-order valence-corrected chi connectivity index (χ4v) is 1.15. The van der Waals surface area contributed by atoms with Crippen LogP contribution in [0.1, 0.15) is 0 Å². The Balaban J connectivity index is 2.85. The van der Waals surface area contributed by atoms with Gasteiger partial charge in [-0.25, -0.2) is 0 Å². The summed E-state index contributed by atoms with van der Waals surface area (Å²) in [6, 6.07) is 9.40. The summed E-state index contributed by atoms with van der Waals surface area (Å²) in [5.41, 5.74) is 0. The second-order valence-corrected chi connectivity index (χ2v) is 3.15.